The first-order chi connectivity index (χ1) is 14.9. The second kappa shape index (κ2) is 8.51. The molecule has 2 heterocycles. The van der Waals surface area contributed by atoms with Crippen LogP contribution in [-0.4, -0.2) is 47.8 Å². The van der Waals surface area contributed by atoms with Gasteiger partial charge in [-0.1, -0.05) is 30.3 Å². The summed E-state index contributed by atoms with van der Waals surface area (Å²) in [4.78, 5) is 42.1. The lowest BCUT2D eigenvalue weighted by Gasteiger charge is -2.43. The maximum absolute atomic E-state index is 13.3. The first-order valence-electron chi connectivity index (χ1n) is 10.7. The molecule has 3 amide bonds. The third-order valence-corrected chi connectivity index (χ3v) is 6.12. The summed E-state index contributed by atoms with van der Waals surface area (Å²) in [7, 11) is 0. The minimum atomic E-state index is -0.973. The van der Waals surface area contributed by atoms with Gasteiger partial charge in [0, 0.05) is 11.6 Å². The van der Waals surface area contributed by atoms with E-state index in [0.29, 0.717) is 37.3 Å². The number of nitrogens with zero attached hydrogens (tertiary/aromatic N) is 2. The van der Waals surface area contributed by atoms with Crippen molar-refractivity contribution >= 4 is 34.8 Å². The van der Waals surface area contributed by atoms with E-state index >= 15 is 0 Å². The second-order valence-corrected chi connectivity index (χ2v) is 8.67. The highest BCUT2D eigenvalue weighted by molar-refractivity contribution is 6.14. The van der Waals surface area contributed by atoms with Crippen LogP contribution in [0.15, 0.2) is 54.6 Å². The standard InChI is InChI=1S/C24H28N4O3/c1-24(2)23(31)26-19-10-6-7-11-20(19)28(24)21(29)16-27-14-12-17(13-15-27)22(30)25-18-8-4-3-5-9-18/h3-11,17H,12-16H2,1-2H3,(H,25,30)(H,26,31). The molecular weight excluding hydrogens is 392 g/mol. The van der Waals surface area contributed by atoms with Crippen LogP contribution in [0.5, 0.6) is 0 Å². The molecule has 7 nitrogen and oxygen atoms in total. The largest absolute Gasteiger partial charge is 0.326 e. The van der Waals surface area contributed by atoms with Gasteiger partial charge in [0.15, 0.2) is 0 Å². The molecule has 7 heteroatoms. The zero-order valence-corrected chi connectivity index (χ0v) is 17.9. The van der Waals surface area contributed by atoms with Crippen LogP contribution >= 0.6 is 0 Å². The normalized spacial score (nSPS) is 18.8. The monoisotopic (exact) mass is 420 g/mol. The molecule has 2 aliphatic rings. The van der Waals surface area contributed by atoms with Gasteiger partial charge < -0.3 is 10.6 Å². The number of rotatable bonds is 4. The Hall–Kier alpha value is -3.19. The van der Waals surface area contributed by atoms with Gasteiger partial charge in [0.25, 0.3) is 0 Å². The minimum absolute atomic E-state index is 0.0277. The number of piperidine rings is 1. The fourth-order valence-corrected chi connectivity index (χ4v) is 4.28. The zero-order chi connectivity index (χ0) is 22.0. The Morgan fingerprint density at radius 1 is 1.03 bits per heavy atom. The van der Waals surface area contributed by atoms with Gasteiger partial charge in [0.05, 0.1) is 17.9 Å². The number of hydrogen-bond donors (Lipinski definition) is 2. The molecule has 31 heavy (non-hydrogen) atoms. The van der Waals surface area contributed by atoms with Crippen LogP contribution in [0.2, 0.25) is 0 Å². The molecule has 2 aromatic carbocycles. The molecule has 0 aliphatic carbocycles. The SMILES string of the molecule is CC1(C)C(=O)Nc2ccccc2N1C(=O)CN1CCC(C(=O)Nc2ccccc2)CC1. The summed E-state index contributed by atoms with van der Waals surface area (Å²) in [6.07, 6.45) is 1.40. The third-order valence-electron chi connectivity index (χ3n) is 6.12. The Kier molecular flexibility index (Phi) is 5.78. The van der Waals surface area contributed by atoms with Crippen molar-refractivity contribution < 1.29 is 14.4 Å². The van der Waals surface area contributed by atoms with Gasteiger partial charge in [-0.3, -0.25) is 24.2 Å². The summed E-state index contributed by atoms with van der Waals surface area (Å²) < 4.78 is 0. The molecule has 1 saturated heterocycles. The number of nitrogens with one attached hydrogen (secondary N) is 2. The van der Waals surface area contributed by atoms with Gasteiger partial charge in [-0.05, 0) is 64.0 Å². The highest BCUT2D eigenvalue weighted by Crippen LogP contribution is 2.36. The minimum Gasteiger partial charge on any atom is -0.326 e. The van der Waals surface area contributed by atoms with Gasteiger partial charge in [-0.15, -0.1) is 0 Å². The van der Waals surface area contributed by atoms with Crippen LogP contribution in [0.25, 0.3) is 0 Å². The van der Waals surface area contributed by atoms with Crippen LogP contribution in [-0.2, 0) is 14.4 Å². The topological polar surface area (TPSA) is 81.8 Å². The molecule has 0 saturated carbocycles. The van der Waals surface area contributed by atoms with E-state index in [2.05, 4.69) is 15.5 Å². The smallest absolute Gasteiger partial charge is 0.250 e. The van der Waals surface area contributed by atoms with Crippen molar-refractivity contribution in [3.8, 4) is 0 Å². The summed E-state index contributed by atoms with van der Waals surface area (Å²) in [5.41, 5.74) is 1.19. The molecule has 0 spiro atoms. The number of fused-ring (bicyclic) bond motifs is 1. The number of carbonyl (C=O) groups is 3. The Morgan fingerprint density at radius 3 is 2.39 bits per heavy atom. The van der Waals surface area contributed by atoms with E-state index in [0.717, 1.165) is 5.69 Å². The fourth-order valence-electron chi connectivity index (χ4n) is 4.28. The van der Waals surface area contributed by atoms with E-state index < -0.39 is 5.54 Å². The van der Waals surface area contributed by atoms with Crippen LogP contribution in [0.1, 0.15) is 26.7 Å². The quantitative estimate of drug-likeness (QED) is 0.796. The molecular formula is C24H28N4O3. The van der Waals surface area contributed by atoms with E-state index in [1.165, 1.54) is 0 Å². The highest BCUT2D eigenvalue weighted by Gasteiger charge is 2.43. The molecule has 0 aromatic heterocycles. The van der Waals surface area contributed by atoms with Gasteiger partial charge in [0.1, 0.15) is 5.54 Å². The van der Waals surface area contributed by atoms with Gasteiger partial charge in [-0.25, -0.2) is 0 Å². The molecule has 0 radical (unpaired) electrons. The first kappa shape index (κ1) is 21.1. The van der Waals surface area contributed by atoms with Crippen molar-refractivity contribution in [1.82, 2.24) is 4.90 Å². The van der Waals surface area contributed by atoms with Crippen LogP contribution in [0.4, 0.5) is 17.1 Å². The van der Waals surface area contributed by atoms with Crippen molar-refractivity contribution in [1.29, 1.82) is 0 Å². The van der Waals surface area contributed by atoms with Crippen molar-refractivity contribution in [2.75, 3.05) is 35.2 Å². The lowest BCUT2D eigenvalue weighted by atomic mass is 9.94. The van der Waals surface area contributed by atoms with E-state index in [1.54, 1.807) is 24.8 Å². The number of carbonyl (C=O) groups excluding carboxylic acids is 3. The summed E-state index contributed by atoms with van der Waals surface area (Å²) in [5.74, 6) is -0.347. The second-order valence-electron chi connectivity index (χ2n) is 8.67. The van der Waals surface area contributed by atoms with E-state index in [1.807, 2.05) is 48.5 Å². The summed E-state index contributed by atoms with van der Waals surface area (Å²) in [5, 5.41) is 5.85. The molecule has 0 bridgehead atoms. The van der Waals surface area contributed by atoms with Crippen LogP contribution in [0.3, 0.4) is 0 Å². The van der Waals surface area contributed by atoms with Crippen LogP contribution < -0.4 is 15.5 Å². The molecule has 1 fully saturated rings. The predicted molar refractivity (Wildman–Crippen MR) is 121 cm³/mol. The van der Waals surface area contributed by atoms with E-state index in [4.69, 9.17) is 0 Å². The fraction of sp³-hybridized carbons (Fsp3) is 0.375. The molecule has 2 aliphatic heterocycles. The predicted octanol–water partition coefficient (Wildman–Crippen LogP) is 3.10. The molecule has 2 aromatic rings. The average molecular weight is 421 g/mol. The molecule has 4 rings (SSSR count). The zero-order valence-electron chi connectivity index (χ0n) is 17.9. The number of anilines is 3. The maximum Gasteiger partial charge on any atom is 0.250 e. The summed E-state index contributed by atoms with van der Waals surface area (Å²) in [6.45, 7) is 5.08. The van der Waals surface area contributed by atoms with Gasteiger partial charge >= 0.3 is 0 Å². The van der Waals surface area contributed by atoms with Crippen molar-refractivity contribution in [2.24, 2.45) is 5.92 Å². The van der Waals surface area contributed by atoms with Gasteiger partial charge in [0.2, 0.25) is 17.7 Å². The van der Waals surface area contributed by atoms with Crippen LogP contribution in [0, 0.1) is 5.92 Å². The number of amides is 3. The maximum atomic E-state index is 13.3. The number of likely N-dealkylation sites (tertiary alicyclic amines) is 1. The van der Waals surface area contributed by atoms with Crippen molar-refractivity contribution in [3.63, 3.8) is 0 Å². The average Bonchev–Trinajstić information content (AvgIpc) is 2.75. The van der Waals surface area contributed by atoms with Gasteiger partial charge in [-0.2, -0.15) is 0 Å². The lowest BCUT2D eigenvalue weighted by molar-refractivity contribution is -0.127. The van der Waals surface area contributed by atoms with E-state index in [-0.39, 0.29) is 30.2 Å². The first-order valence-corrected chi connectivity index (χ1v) is 10.7. The van der Waals surface area contributed by atoms with E-state index in [9.17, 15) is 14.4 Å². The molecule has 0 atom stereocenters. The lowest BCUT2D eigenvalue weighted by Crippen LogP contribution is -2.60. The Bertz CT molecular complexity index is 981. The highest BCUT2D eigenvalue weighted by atomic mass is 16.2. The Morgan fingerprint density at radius 2 is 1.68 bits per heavy atom. The molecule has 162 valence electrons. The Balaban J connectivity index is 1.38. The number of hydrogen-bond acceptors (Lipinski definition) is 4. The number of para-hydroxylation sites is 3. The summed E-state index contributed by atoms with van der Waals surface area (Å²) in [6, 6.07) is 16.8. The molecule has 0 unspecified atom stereocenters. The number of benzene rings is 2. The Labute approximate surface area is 182 Å². The third kappa shape index (κ3) is 4.32. The van der Waals surface area contributed by atoms with Crippen molar-refractivity contribution in [3.05, 3.63) is 54.6 Å². The van der Waals surface area contributed by atoms with Crippen molar-refractivity contribution in [2.45, 2.75) is 32.2 Å². The molecule has 2 N–H and O–H groups in total. The summed E-state index contributed by atoms with van der Waals surface area (Å²) >= 11 is 0.